The Bertz CT molecular complexity index is 838. The first-order chi connectivity index (χ1) is 12.2. The zero-order valence-electron chi connectivity index (χ0n) is 15.6. The van der Waals surface area contributed by atoms with Crippen LogP contribution < -0.4 is 10.0 Å². The van der Waals surface area contributed by atoms with Gasteiger partial charge in [-0.3, -0.25) is 9.52 Å². The molecule has 6 heteroatoms. The molecule has 0 radical (unpaired) electrons. The highest BCUT2D eigenvalue weighted by Crippen LogP contribution is 2.18. The van der Waals surface area contributed by atoms with Crippen LogP contribution in [0.15, 0.2) is 59.5 Å². The molecule has 1 amide bonds. The highest BCUT2D eigenvalue weighted by Gasteiger charge is 2.21. The molecule has 0 aliphatic rings. The van der Waals surface area contributed by atoms with Crippen molar-refractivity contribution in [1.82, 2.24) is 5.32 Å². The minimum absolute atomic E-state index is 0.0483. The number of anilines is 1. The molecule has 0 aliphatic carbocycles. The molecule has 0 fully saturated rings. The summed E-state index contributed by atoms with van der Waals surface area (Å²) in [6.45, 7) is 8.26. The molecule has 0 aliphatic heterocycles. The fourth-order valence-corrected chi connectivity index (χ4v) is 3.95. The predicted octanol–water partition coefficient (Wildman–Crippen LogP) is 3.90. The molecule has 2 aromatic carbocycles. The van der Waals surface area contributed by atoms with Gasteiger partial charge in [-0.05, 0) is 42.2 Å². The van der Waals surface area contributed by atoms with Crippen molar-refractivity contribution in [2.75, 3.05) is 4.72 Å². The number of sulfonamides is 1. The van der Waals surface area contributed by atoms with Crippen molar-refractivity contribution in [2.24, 2.45) is 11.8 Å². The molecule has 0 atom stereocenters. The highest BCUT2D eigenvalue weighted by molar-refractivity contribution is 7.92. The molecule has 2 aromatic rings. The summed E-state index contributed by atoms with van der Waals surface area (Å²) in [4.78, 5) is 12.7. The van der Waals surface area contributed by atoms with E-state index in [0.29, 0.717) is 23.1 Å². The van der Waals surface area contributed by atoms with Gasteiger partial charge in [0.05, 0.1) is 4.90 Å². The minimum atomic E-state index is -3.69. The quantitative estimate of drug-likeness (QED) is 0.772. The SMILES string of the molecule is CC(C)C(NC(=O)c1cccc(NS(=O)(=O)c2ccccc2)c1)C(C)C. The fourth-order valence-electron chi connectivity index (χ4n) is 2.88. The summed E-state index contributed by atoms with van der Waals surface area (Å²) in [5, 5.41) is 3.04. The Morgan fingerprint density at radius 3 is 2.08 bits per heavy atom. The van der Waals surface area contributed by atoms with Crippen LogP contribution in [0.25, 0.3) is 0 Å². The molecule has 0 bridgehead atoms. The van der Waals surface area contributed by atoms with Gasteiger partial charge >= 0.3 is 0 Å². The van der Waals surface area contributed by atoms with Gasteiger partial charge in [-0.2, -0.15) is 0 Å². The molecule has 2 rings (SSSR count). The molecule has 5 nitrogen and oxygen atoms in total. The lowest BCUT2D eigenvalue weighted by molar-refractivity contribution is 0.0910. The summed E-state index contributed by atoms with van der Waals surface area (Å²) in [6.07, 6.45) is 0. The Morgan fingerprint density at radius 2 is 1.50 bits per heavy atom. The minimum Gasteiger partial charge on any atom is -0.349 e. The second kappa shape index (κ2) is 8.36. The van der Waals surface area contributed by atoms with Crippen LogP contribution in [-0.4, -0.2) is 20.4 Å². The van der Waals surface area contributed by atoms with Gasteiger partial charge in [-0.15, -0.1) is 0 Å². The van der Waals surface area contributed by atoms with Crippen molar-refractivity contribution in [1.29, 1.82) is 0 Å². The number of nitrogens with one attached hydrogen (secondary N) is 2. The van der Waals surface area contributed by atoms with E-state index < -0.39 is 10.0 Å². The Labute approximate surface area is 155 Å². The number of benzene rings is 2. The average molecular weight is 375 g/mol. The van der Waals surface area contributed by atoms with Crippen LogP contribution >= 0.6 is 0 Å². The lowest BCUT2D eigenvalue weighted by Crippen LogP contribution is -2.42. The van der Waals surface area contributed by atoms with Gasteiger partial charge in [-0.1, -0.05) is 52.0 Å². The van der Waals surface area contributed by atoms with Gasteiger partial charge in [-0.25, -0.2) is 8.42 Å². The molecule has 0 aromatic heterocycles. The largest absolute Gasteiger partial charge is 0.349 e. The van der Waals surface area contributed by atoms with E-state index in [-0.39, 0.29) is 16.8 Å². The number of hydrogen-bond acceptors (Lipinski definition) is 3. The molecule has 0 unspecified atom stereocenters. The maximum absolute atomic E-state index is 12.6. The van der Waals surface area contributed by atoms with Gasteiger partial charge < -0.3 is 5.32 Å². The second-order valence-corrected chi connectivity index (χ2v) is 8.67. The number of carbonyl (C=O) groups excluding carboxylic acids is 1. The standard InChI is InChI=1S/C20H26N2O3S/c1-14(2)19(15(3)4)21-20(23)16-9-8-10-17(13-16)22-26(24,25)18-11-6-5-7-12-18/h5-15,19,22H,1-4H3,(H,21,23). The third-order valence-corrected chi connectivity index (χ3v) is 5.56. The van der Waals surface area contributed by atoms with Gasteiger partial charge in [0.2, 0.25) is 0 Å². The van der Waals surface area contributed by atoms with E-state index in [1.807, 2.05) is 0 Å². The van der Waals surface area contributed by atoms with Crippen LogP contribution in [0, 0.1) is 11.8 Å². The molecule has 2 N–H and O–H groups in total. The first kappa shape index (κ1) is 20.0. The molecule has 0 saturated carbocycles. The summed E-state index contributed by atoms with van der Waals surface area (Å²) < 4.78 is 27.4. The zero-order chi connectivity index (χ0) is 19.3. The smallest absolute Gasteiger partial charge is 0.261 e. The van der Waals surface area contributed by atoms with Crippen molar-refractivity contribution in [3.05, 3.63) is 60.2 Å². The molecule has 140 valence electrons. The van der Waals surface area contributed by atoms with Gasteiger partial charge in [0.1, 0.15) is 0 Å². The number of carbonyl (C=O) groups is 1. The van der Waals surface area contributed by atoms with Crippen LogP contribution in [0.5, 0.6) is 0 Å². The first-order valence-electron chi connectivity index (χ1n) is 8.69. The number of amides is 1. The Kier molecular flexibility index (Phi) is 6.42. The lowest BCUT2D eigenvalue weighted by Gasteiger charge is -2.26. The lowest BCUT2D eigenvalue weighted by atomic mass is 9.93. The molecule has 0 spiro atoms. The molecule has 0 saturated heterocycles. The van der Waals surface area contributed by atoms with Crippen molar-refractivity contribution >= 4 is 21.6 Å². The molecule has 26 heavy (non-hydrogen) atoms. The van der Waals surface area contributed by atoms with E-state index in [4.69, 9.17) is 0 Å². The third-order valence-electron chi connectivity index (χ3n) is 4.16. The van der Waals surface area contributed by atoms with Gasteiger partial charge in [0.25, 0.3) is 15.9 Å². The molecular weight excluding hydrogens is 348 g/mol. The van der Waals surface area contributed by atoms with E-state index in [1.165, 1.54) is 12.1 Å². The number of hydrogen-bond donors (Lipinski definition) is 2. The Morgan fingerprint density at radius 1 is 0.885 bits per heavy atom. The maximum atomic E-state index is 12.6. The van der Waals surface area contributed by atoms with Crippen molar-refractivity contribution in [3.8, 4) is 0 Å². The van der Waals surface area contributed by atoms with E-state index >= 15 is 0 Å². The second-order valence-electron chi connectivity index (χ2n) is 6.99. The van der Waals surface area contributed by atoms with Crippen molar-refractivity contribution < 1.29 is 13.2 Å². The summed E-state index contributed by atoms with van der Waals surface area (Å²) >= 11 is 0. The van der Waals surface area contributed by atoms with Crippen LogP contribution in [-0.2, 0) is 10.0 Å². The van der Waals surface area contributed by atoms with E-state index in [1.54, 1.807) is 42.5 Å². The topological polar surface area (TPSA) is 75.3 Å². The van der Waals surface area contributed by atoms with E-state index in [2.05, 4.69) is 37.7 Å². The molecule has 0 heterocycles. The predicted molar refractivity (Wildman–Crippen MR) is 105 cm³/mol. The van der Waals surface area contributed by atoms with E-state index in [9.17, 15) is 13.2 Å². The Balaban J connectivity index is 2.19. The van der Waals surface area contributed by atoms with E-state index in [0.717, 1.165) is 0 Å². The summed E-state index contributed by atoms with van der Waals surface area (Å²) in [7, 11) is -3.69. The molecular formula is C20H26N2O3S. The summed E-state index contributed by atoms with van der Waals surface area (Å²) in [6, 6.07) is 14.7. The van der Waals surface area contributed by atoms with Crippen LogP contribution in [0.2, 0.25) is 0 Å². The van der Waals surface area contributed by atoms with Gasteiger partial charge in [0.15, 0.2) is 0 Å². The third kappa shape index (κ3) is 5.08. The van der Waals surface area contributed by atoms with Crippen LogP contribution in [0.3, 0.4) is 0 Å². The zero-order valence-corrected chi connectivity index (χ0v) is 16.4. The van der Waals surface area contributed by atoms with Crippen LogP contribution in [0.1, 0.15) is 38.1 Å². The maximum Gasteiger partial charge on any atom is 0.261 e. The first-order valence-corrected chi connectivity index (χ1v) is 10.2. The Hall–Kier alpha value is -2.34. The van der Waals surface area contributed by atoms with Crippen molar-refractivity contribution in [3.63, 3.8) is 0 Å². The van der Waals surface area contributed by atoms with Crippen LogP contribution in [0.4, 0.5) is 5.69 Å². The average Bonchev–Trinajstić information content (AvgIpc) is 2.59. The normalized spacial score (nSPS) is 11.8. The van der Waals surface area contributed by atoms with Crippen molar-refractivity contribution in [2.45, 2.75) is 38.6 Å². The fraction of sp³-hybridized carbons (Fsp3) is 0.350. The van der Waals surface area contributed by atoms with Gasteiger partial charge in [0, 0.05) is 17.3 Å². The monoisotopic (exact) mass is 374 g/mol. The number of rotatable bonds is 7. The summed E-state index contributed by atoms with van der Waals surface area (Å²) in [5.74, 6) is 0.399. The highest BCUT2D eigenvalue weighted by atomic mass is 32.2. The summed E-state index contributed by atoms with van der Waals surface area (Å²) in [5.41, 5.74) is 0.775.